The number of carbonyl (C=O) groups excluding carboxylic acids is 1. The first-order valence-electron chi connectivity index (χ1n) is 6.16. The van der Waals surface area contributed by atoms with E-state index < -0.39 is 0 Å². The first kappa shape index (κ1) is 14.4. The lowest BCUT2D eigenvalue weighted by molar-refractivity contribution is 0.103. The number of thiophene rings is 1. The second kappa shape index (κ2) is 5.33. The molecule has 0 aliphatic carbocycles. The molecule has 108 valence electrons. The van der Waals surface area contributed by atoms with Gasteiger partial charge in [0.1, 0.15) is 4.83 Å². The zero-order valence-corrected chi connectivity index (χ0v) is 13.6. The molecule has 1 aromatic carbocycles. The van der Waals surface area contributed by atoms with Gasteiger partial charge < -0.3 is 5.32 Å². The Hall–Kier alpha value is -1.56. The molecule has 2 heterocycles. The molecule has 0 saturated heterocycles. The minimum Gasteiger partial charge on any atom is -0.320 e. The monoisotopic (exact) mass is 339 g/mol. The Balaban J connectivity index is 1.93. The van der Waals surface area contributed by atoms with Gasteiger partial charge in [0.15, 0.2) is 0 Å². The van der Waals surface area contributed by atoms with Crippen molar-refractivity contribution in [3.8, 4) is 0 Å². The maximum Gasteiger partial charge on any atom is 0.265 e. The molecule has 0 aliphatic heterocycles. The number of nitrogens with zero attached hydrogens (tertiary/aromatic N) is 2. The minimum atomic E-state index is -0.209. The lowest BCUT2D eigenvalue weighted by Gasteiger charge is -2.06. The van der Waals surface area contributed by atoms with Gasteiger partial charge in [0.25, 0.3) is 5.91 Å². The molecule has 0 radical (unpaired) electrons. The maximum absolute atomic E-state index is 12.3. The van der Waals surface area contributed by atoms with Gasteiger partial charge in [-0.05, 0) is 25.1 Å². The zero-order chi connectivity index (χ0) is 15.1. The van der Waals surface area contributed by atoms with Gasteiger partial charge in [0, 0.05) is 12.4 Å². The van der Waals surface area contributed by atoms with Crippen molar-refractivity contribution >= 4 is 56.3 Å². The van der Waals surface area contributed by atoms with Crippen LogP contribution in [0.15, 0.2) is 24.3 Å². The van der Waals surface area contributed by atoms with Crippen molar-refractivity contribution in [2.45, 2.75) is 6.92 Å². The molecule has 3 aromatic rings. The summed E-state index contributed by atoms with van der Waals surface area (Å²) >= 11 is 13.4. The molecule has 7 heteroatoms. The summed E-state index contributed by atoms with van der Waals surface area (Å²) in [6, 6.07) is 6.97. The molecule has 0 bridgehead atoms. The molecule has 4 nitrogen and oxygen atoms in total. The van der Waals surface area contributed by atoms with E-state index >= 15 is 0 Å². The topological polar surface area (TPSA) is 46.9 Å². The average Bonchev–Trinajstić information content (AvgIpc) is 2.98. The number of hydrogen-bond donors (Lipinski definition) is 1. The van der Waals surface area contributed by atoms with Gasteiger partial charge >= 0.3 is 0 Å². The molecule has 3 rings (SSSR count). The summed E-state index contributed by atoms with van der Waals surface area (Å²) in [5.74, 6) is -0.209. The van der Waals surface area contributed by atoms with Gasteiger partial charge in [-0.15, -0.1) is 11.3 Å². The number of rotatable bonds is 2. The van der Waals surface area contributed by atoms with Crippen LogP contribution in [0.5, 0.6) is 0 Å². The zero-order valence-electron chi connectivity index (χ0n) is 11.3. The van der Waals surface area contributed by atoms with Crippen LogP contribution in [-0.2, 0) is 7.05 Å². The number of anilines is 1. The van der Waals surface area contributed by atoms with Crippen LogP contribution in [0.3, 0.4) is 0 Å². The smallest absolute Gasteiger partial charge is 0.265 e. The Morgan fingerprint density at radius 2 is 2.14 bits per heavy atom. The summed E-state index contributed by atoms with van der Waals surface area (Å²) in [4.78, 5) is 13.9. The third-order valence-electron chi connectivity index (χ3n) is 3.12. The first-order valence-corrected chi connectivity index (χ1v) is 7.73. The van der Waals surface area contributed by atoms with Gasteiger partial charge in [-0.25, -0.2) is 0 Å². The van der Waals surface area contributed by atoms with Crippen LogP contribution in [-0.4, -0.2) is 15.7 Å². The van der Waals surface area contributed by atoms with Crippen molar-refractivity contribution in [3.63, 3.8) is 0 Å². The largest absolute Gasteiger partial charge is 0.320 e. The van der Waals surface area contributed by atoms with Crippen LogP contribution in [0.2, 0.25) is 10.0 Å². The van der Waals surface area contributed by atoms with Crippen molar-refractivity contribution < 1.29 is 4.79 Å². The number of halogens is 2. The minimum absolute atomic E-state index is 0.209. The summed E-state index contributed by atoms with van der Waals surface area (Å²) in [5, 5.41) is 8.84. The van der Waals surface area contributed by atoms with E-state index in [9.17, 15) is 4.79 Å². The molecule has 1 N–H and O–H groups in total. The van der Waals surface area contributed by atoms with E-state index in [2.05, 4.69) is 10.4 Å². The van der Waals surface area contributed by atoms with Crippen molar-refractivity contribution in [2.24, 2.45) is 7.05 Å². The standard InChI is InChI=1S/C14H11Cl2N3OS/c1-7-8-6-11(21-14(8)19(2)18-7)13(20)17-10-5-3-4-9(15)12(10)16/h3-6H,1-2H3,(H,17,20). The Labute approximate surface area is 135 Å². The number of amides is 1. The van der Waals surface area contributed by atoms with Crippen molar-refractivity contribution in [3.05, 3.63) is 44.9 Å². The van der Waals surface area contributed by atoms with E-state index in [0.717, 1.165) is 15.9 Å². The van der Waals surface area contributed by atoms with E-state index in [-0.39, 0.29) is 5.91 Å². The van der Waals surface area contributed by atoms with Crippen molar-refractivity contribution in [1.29, 1.82) is 0 Å². The van der Waals surface area contributed by atoms with Crippen LogP contribution in [0.4, 0.5) is 5.69 Å². The second-order valence-electron chi connectivity index (χ2n) is 4.59. The van der Waals surface area contributed by atoms with Crippen molar-refractivity contribution in [1.82, 2.24) is 9.78 Å². The molecule has 0 spiro atoms. The normalized spacial score (nSPS) is 11.0. The van der Waals surface area contributed by atoms with Crippen molar-refractivity contribution in [2.75, 3.05) is 5.32 Å². The highest BCUT2D eigenvalue weighted by Crippen LogP contribution is 2.32. The molecule has 0 unspecified atom stereocenters. The van der Waals surface area contributed by atoms with Crippen LogP contribution < -0.4 is 5.32 Å². The van der Waals surface area contributed by atoms with E-state index in [1.54, 1.807) is 22.9 Å². The lowest BCUT2D eigenvalue weighted by Crippen LogP contribution is -2.10. The third-order valence-corrected chi connectivity index (χ3v) is 5.14. The molecule has 1 amide bonds. The predicted molar refractivity (Wildman–Crippen MR) is 87.7 cm³/mol. The van der Waals surface area contributed by atoms with E-state index in [0.29, 0.717) is 20.6 Å². The average molecular weight is 340 g/mol. The van der Waals surface area contributed by atoms with Gasteiger partial charge in [-0.2, -0.15) is 5.10 Å². The number of benzene rings is 1. The van der Waals surface area contributed by atoms with Crippen LogP contribution in [0.25, 0.3) is 10.2 Å². The Morgan fingerprint density at radius 1 is 1.38 bits per heavy atom. The Bertz CT molecular complexity index is 819. The molecule has 21 heavy (non-hydrogen) atoms. The van der Waals surface area contributed by atoms with Gasteiger partial charge in [-0.1, -0.05) is 29.3 Å². The maximum atomic E-state index is 12.3. The molecular formula is C14H11Cl2N3OS. The third kappa shape index (κ3) is 2.52. The molecule has 0 atom stereocenters. The number of aromatic nitrogens is 2. The van der Waals surface area contributed by atoms with E-state index in [1.165, 1.54) is 11.3 Å². The summed E-state index contributed by atoms with van der Waals surface area (Å²) in [5.41, 5.74) is 1.41. The Kier molecular flexibility index (Phi) is 3.65. The summed E-state index contributed by atoms with van der Waals surface area (Å²) in [6.07, 6.45) is 0. The molecule has 0 fully saturated rings. The van der Waals surface area contributed by atoms with Crippen LogP contribution in [0, 0.1) is 6.92 Å². The number of hydrogen-bond acceptors (Lipinski definition) is 3. The molecular weight excluding hydrogens is 329 g/mol. The highest BCUT2D eigenvalue weighted by Gasteiger charge is 2.16. The SMILES string of the molecule is Cc1nn(C)c2sc(C(=O)Nc3cccc(Cl)c3Cl)cc12. The summed E-state index contributed by atoms with van der Waals surface area (Å²) in [7, 11) is 1.86. The second-order valence-corrected chi connectivity index (χ2v) is 6.41. The van der Waals surface area contributed by atoms with Crippen LogP contribution >= 0.6 is 34.5 Å². The van der Waals surface area contributed by atoms with Gasteiger partial charge in [0.2, 0.25) is 0 Å². The molecule has 2 aromatic heterocycles. The van der Waals surface area contributed by atoms with Gasteiger partial charge in [-0.3, -0.25) is 9.48 Å². The summed E-state index contributed by atoms with van der Waals surface area (Å²) in [6.45, 7) is 1.92. The summed E-state index contributed by atoms with van der Waals surface area (Å²) < 4.78 is 1.78. The number of nitrogens with one attached hydrogen (secondary N) is 1. The predicted octanol–water partition coefficient (Wildman–Crippen LogP) is 4.50. The quantitative estimate of drug-likeness (QED) is 0.746. The van der Waals surface area contributed by atoms with E-state index in [4.69, 9.17) is 23.2 Å². The molecule has 0 aliphatic rings. The Morgan fingerprint density at radius 3 is 2.86 bits per heavy atom. The van der Waals surface area contributed by atoms with Crippen LogP contribution in [0.1, 0.15) is 15.4 Å². The van der Waals surface area contributed by atoms with Gasteiger partial charge in [0.05, 0.1) is 26.3 Å². The highest BCUT2D eigenvalue weighted by atomic mass is 35.5. The fourth-order valence-corrected chi connectivity index (χ4v) is 3.47. The number of fused-ring (bicyclic) bond motifs is 1. The fraction of sp³-hybridized carbons (Fsp3) is 0.143. The highest BCUT2D eigenvalue weighted by molar-refractivity contribution is 7.20. The first-order chi connectivity index (χ1) is 9.97. The number of carbonyl (C=O) groups is 1. The lowest BCUT2D eigenvalue weighted by atomic mass is 10.3. The van der Waals surface area contributed by atoms with E-state index in [1.807, 2.05) is 20.0 Å². The number of aryl methyl sites for hydroxylation is 2. The molecule has 0 saturated carbocycles. The fourth-order valence-electron chi connectivity index (χ4n) is 2.10.